The summed E-state index contributed by atoms with van der Waals surface area (Å²) in [6.07, 6.45) is 7.41. The zero-order chi connectivity index (χ0) is 14.3. The Hall–Kier alpha value is -2.10. The van der Waals surface area contributed by atoms with Crippen LogP contribution in [-0.4, -0.2) is 18.8 Å². The molecule has 0 spiro atoms. The molecule has 0 heterocycles. The first kappa shape index (κ1) is 15.0. The van der Waals surface area contributed by atoms with Crippen molar-refractivity contribution in [2.24, 2.45) is 5.92 Å². The minimum atomic E-state index is -0.272. The molecule has 0 radical (unpaired) electrons. The van der Waals surface area contributed by atoms with Crippen molar-refractivity contribution in [2.45, 2.75) is 19.8 Å². The molecule has 0 aromatic rings. The molecule has 1 rings (SSSR count). The number of hydrogen-bond acceptors (Lipinski definition) is 3. The maximum Gasteiger partial charge on any atom is 0.221 e. The van der Waals surface area contributed by atoms with Gasteiger partial charge in [0.2, 0.25) is 5.91 Å². The van der Waals surface area contributed by atoms with Gasteiger partial charge in [0.15, 0.2) is 6.29 Å². The van der Waals surface area contributed by atoms with Crippen LogP contribution in [0.3, 0.4) is 0 Å². The molecule has 0 atom stereocenters. The van der Waals surface area contributed by atoms with E-state index in [2.05, 4.69) is 18.5 Å². The Morgan fingerprint density at radius 2 is 2.00 bits per heavy atom. The summed E-state index contributed by atoms with van der Waals surface area (Å²) >= 11 is 0. The standard InChI is InChI=1S/C15H19NO3/c1-4-13(5-2)15(16-11(3)18)14(8-17)10-19-9-12-6-7-12/h4-5,8,10,12H,1-2,6-7,9H2,3H3,(H,16,18)/b14-10+. The molecule has 1 amide bonds. The first-order valence-corrected chi connectivity index (χ1v) is 6.16. The second-order valence-corrected chi connectivity index (χ2v) is 4.39. The van der Waals surface area contributed by atoms with Gasteiger partial charge in [-0.15, -0.1) is 0 Å². The molecule has 1 aliphatic carbocycles. The lowest BCUT2D eigenvalue weighted by atomic mass is 10.1. The van der Waals surface area contributed by atoms with E-state index in [-0.39, 0.29) is 11.5 Å². The Morgan fingerprint density at radius 3 is 2.42 bits per heavy atom. The van der Waals surface area contributed by atoms with Crippen LogP contribution >= 0.6 is 0 Å². The van der Waals surface area contributed by atoms with E-state index in [1.54, 1.807) is 0 Å². The molecule has 1 fully saturated rings. The van der Waals surface area contributed by atoms with Crippen LogP contribution in [0, 0.1) is 5.92 Å². The zero-order valence-electron chi connectivity index (χ0n) is 11.1. The van der Waals surface area contributed by atoms with Crippen molar-refractivity contribution in [1.29, 1.82) is 0 Å². The van der Waals surface area contributed by atoms with Crippen LogP contribution in [0.4, 0.5) is 0 Å². The number of amides is 1. The molecule has 1 saturated carbocycles. The predicted molar refractivity (Wildman–Crippen MR) is 74.1 cm³/mol. The Labute approximate surface area is 113 Å². The van der Waals surface area contributed by atoms with Crippen LogP contribution in [0.2, 0.25) is 0 Å². The third kappa shape index (κ3) is 4.95. The Balaban J connectivity index is 2.93. The van der Waals surface area contributed by atoms with Crippen LogP contribution in [0.15, 0.2) is 48.4 Å². The SMILES string of the molecule is C=CC(C=C)=C(NC(C)=O)/C(C=O)=C/OCC1CC1. The number of carbonyl (C=O) groups excluding carboxylic acids is 2. The van der Waals surface area contributed by atoms with Gasteiger partial charge in [0.25, 0.3) is 0 Å². The van der Waals surface area contributed by atoms with Crippen LogP contribution in [-0.2, 0) is 14.3 Å². The second kappa shape index (κ2) is 7.36. The molecule has 1 N–H and O–H groups in total. The minimum Gasteiger partial charge on any atom is -0.500 e. The number of allylic oxidation sites excluding steroid dienone is 4. The summed E-state index contributed by atoms with van der Waals surface area (Å²) in [6, 6.07) is 0. The molecule has 0 aromatic carbocycles. The summed E-state index contributed by atoms with van der Waals surface area (Å²) < 4.78 is 5.36. The molecule has 1 aliphatic rings. The van der Waals surface area contributed by atoms with E-state index in [0.29, 0.717) is 30.1 Å². The highest BCUT2D eigenvalue weighted by Gasteiger charge is 2.21. The normalized spacial score (nSPS) is 14.3. The number of ether oxygens (including phenoxy) is 1. The van der Waals surface area contributed by atoms with Gasteiger partial charge < -0.3 is 10.1 Å². The van der Waals surface area contributed by atoms with E-state index < -0.39 is 0 Å². The van der Waals surface area contributed by atoms with E-state index in [4.69, 9.17) is 4.74 Å². The Bertz CT molecular complexity index is 432. The summed E-state index contributed by atoms with van der Waals surface area (Å²) in [5.41, 5.74) is 1.21. The summed E-state index contributed by atoms with van der Waals surface area (Å²) in [7, 11) is 0. The third-order valence-corrected chi connectivity index (χ3v) is 2.68. The van der Waals surface area contributed by atoms with E-state index in [9.17, 15) is 9.59 Å². The average molecular weight is 261 g/mol. The van der Waals surface area contributed by atoms with Gasteiger partial charge in [-0.3, -0.25) is 9.59 Å². The predicted octanol–water partition coefficient (Wildman–Crippen LogP) is 2.26. The Kier molecular flexibility index (Phi) is 5.79. The first-order valence-electron chi connectivity index (χ1n) is 6.16. The quantitative estimate of drug-likeness (QED) is 0.315. The first-order chi connectivity index (χ1) is 9.12. The lowest BCUT2D eigenvalue weighted by molar-refractivity contribution is -0.118. The van der Waals surface area contributed by atoms with Crippen LogP contribution in [0.25, 0.3) is 0 Å². The van der Waals surface area contributed by atoms with Crippen molar-refractivity contribution in [3.05, 3.63) is 48.4 Å². The highest BCUT2D eigenvalue weighted by atomic mass is 16.5. The smallest absolute Gasteiger partial charge is 0.221 e. The monoisotopic (exact) mass is 261 g/mol. The molecule has 0 aliphatic heterocycles. The number of carbonyl (C=O) groups is 2. The van der Waals surface area contributed by atoms with Gasteiger partial charge in [-0.1, -0.05) is 25.3 Å². The van der Waals surface area contributed by atoms with Crippen LogP contribution in [0.1, 0.15) is 19.8 Å². The topological polar surface area (TPSA) is 55.4 Å². The fraction of sp³-hybridized carbons (Fsp3) is 0.333. The molecule has 4 nitrogen and oxygen atoms in total. The molecular formula is C15H19NO3. The maximum absolute atomic E-state index is 11.2. The van der Waals surface area contributed by atoms with E-state index in [0.717, 1.165) is 0 Å². The van der Waals surface area contributed by atoms with Gasteiger partial charge >= 0.3 is 0 Å². The number of nitrogens with one attached hydrogen (secondary N) is 1. The Morgan fingerprint density at radius 1 is 1.37 bits per heavy atom. The van der Waals surface area contributed by atoms with Gasteiger partial charge in [-0.2, -0.15) is 0 Å². The molecule has 0 bridgehead atoms. The zero-order valence-corrected chi connectivity index (χ0v) is 11.1. The molecule has 0 unspecified atom stereocenters. The second-order valence-electron chi connectivity index (χ2n) is 4.39. The van der Waals surface area contributed by atoms with Gasteiger partial charge in [0, 0.05) is 6.92 Å². The molecular weight excluding hydrogens is 242 g/mol. The fourth-order valence-electron chi connectivity index (χ4n) is 1.48. The fourth-order valence-corrected chi connectivity index (χ4v) is 1.48. The molecule has 19 heavy (non-hydrogen) atoms. The van der Waals surface area contributed by atoms with Gasteiger partial charge in [0.1, 0.15) is 0 Å². The molecule has 102 valence electrons. The average Bonchev–Trinajstić information content (AvgIpc) is 3.19. The van der Waals surface area contributed by atoms with Crippen molar-refractivity contribution in [2.75, 3.05) is 6.61 Å². The van der Waals surface area contributed by atoms with Gasteiger partial charge in [-0.05, 0) is 24.3 Å². The summed E-state index contributed by atoms with van der Waals surface area (Å²) in [4.78, 5) is 22.4. The summed E-state index contributed by atoms with van der Waals surface area (Å²) in [5, 5.41) is 2.61. The minimum absolute atomic E-state index is 0.269. The highest BCUT2D eigenvalue weighted by molar-refractivity contribution is 5.85. The maximum atomic E-state index is 11.2. The van der Waals surface area contributed by atoms with Crippen LogP contribution in [0.5, 0.6) is 0 Å². The molecule has 4 heteroatoms. The highest BCUT2D eigenvalue weighted by Crippen LogP contribution is 2.29. The summed E-state index contributed by atoms with van der Waals surface area (Å²) in [6.45, 7) is 9.23. The molecule has 0 saturated heterocycles. The number of aldehydes is 1. The van der Waals surface area contributed by atoms with Crippen molar-refractivity contribution >= 4 is 12.2 Å². The van der Waals surface area contributed by atoms with Crippen molar-refractivity contribution < 1.29 is 14.3 Å². The largest absolute Gasteiger partial charge is 0.500 e. The van der Waals surface area contributed by atoms with Gasteiger partial charge in [0.05, 0.1) is 24.1 Å². The lowest BCUT2D eigenvalue weighted by Gasteiger charge is -2.11. The summed E-state index contributed by atoms with van der Waals surface area (Å²) in [5.74, 6) is 0.321. The number of rotatable bonds is 8. The molecule has 0 aromatic heterocycles. The van der Waals surface area contributed by atoms with E-state index in [1.165, 1.54) is 38.2 Å². The van der Waals surface area contributed by atoms with Crippen molar-refractivity contribution in [3.8, 4) is 0 Å². The van der Waals surface area contributed by atoms with E-state index >= 15 is 0 Å². The van der Waals surface area contributed by atoms with Crippen LogP contribution < -0.4 is 5.32 Å². The third-order valence-electron chi connectivity index (χ3n) is 2.68. The number of hydrogen-bond donors (Lipinski definition) is 1. The van der Waals surface area contributed by atoms with Crippen molar-refractivity contribution in [1.82, 2.24) is 5.32 Å². The lowest BCUT2D eigenvalue weighted by Crippen LogP contribution is -2.22. The van der Waals surface area contributed by atoms with Gasteiger partial charge in [-0.25, -0.2) is 0 Å². The van der Waals surface area contributed by atoms with E-state index in [1.807, 2.05) is 0 Å². The van der Waals surface area contributed by atoms with Crippen molar-refractivity contribution in [3.63, 3.8) is 0 Å².